The number of piperidine rings is 1. The molecule has 0 radical (unpaired) electrons. The van der Waals surface area contributed by atoms with Crippen molar-refractivity contribution in [3.8, 4) is 22.8 Å². The summed E-state index contributed by atoms with van der Waals surface area (Å²) in [5, 5.41) is 13.7. The number of phenolic OH excluding ortho intramolecular Hbond substituents is 1. The molecule has 6 heteroatoms. The first-order valence-corrected chi connectivity index (χ1v) is 8.33. The zero-order valence-electron chi connectivity index (χ0n) is 13.9. The molecule has 0 bridgehead atoms. The molecule has 1 unspecified atom stereocenters. The molecule has 24 heavy (non-hydrogen) atoms. The summed E-state index contributed by atoms with van der Waals surface area (Å²) in [6.07, 6.45) is 2.15. The standard InChI is InChI=1S/C18H24N4O2/c1-2-24-15-7-3-6-14(23)16(15)13-9-12(17(19)18(20)22-13)11-5-4-8-21-10-11/h3,6-7,9,11,21,23H,2,4-5,8,10,19H2,1H3,(H2,20,22). The number of benzene rings is 1. The fourth-order valence-electron chi connectivity index (χ4n) is 3.23. The summed E-state index contributed by atoms with van der Waals surface area (Å²) in [6, 6.07) is 7.11. The highest BCUT2D eigenvalue weighted by Gasteiger charge is 2.22. The highest BCUT2D eigenvalue weighted by Crippen LogP contribution is 2.40. The van der Waals surface area contributed by atoms with Crippen molar-refractivity contribution in [3.63, 3.8) is 0 Å². The van der Waals surface area contributed by atoms with E-state index in [9.17, 15) is 5.11 Å². The van der Waals surface area contributed by atoms with Gasteiger partial charge in [0.25, 0.3) is 0 Å². The maximum Gasteiger partial charge on any atom is 0.147 e. The highest BCUT2D eigenvalue weighted by molar-refractivity contribution is 5.78. The lowest BCUT2D eigenvalue weighted by Gasteiger charge is -2.25. The van der Waals surface area contributed by atoms with Crippen LogP contribution in [0, 0.1) is 0 Å². The van der Waals surface area contributed by atoms with Crippen molar-refractivity contribution in [1.29, 1.82) is 0 Å². The zero-order chi connectivity index (χ0) is 17.1. The van der Waals surface area contributed by atoms with E-state index < -0.39 is 0 Å². The Morgan fingerprint density at radius 1 is 1.38 bits per heavy atom. The van der Waals surface area contributed by atoms with E-state index in [4.69, 9.17) is 16.2 Å². The van der Waals surface area contributed by atoms with E-state index in [-0.39, 0.29) is 5.75 Å². The minimum absolute atomic E-state index is 0.116. The second-order valence-electron chi connectivity index (χ2n) is 6.02. The minimum atomic E-state index is 0.116. The summed E-state index contributed by atoms with van der Waals surface area (Å²) in [7, 11) is 0. The molecule has 1 aromatic carbocycles. The summed E-state index contributed by atoms with van der Waals surface area (Å²) in [6.45, 7) is 4.29. The Morgan fingerprint density at radius 3 is 2.92 bits per heavy atom. The molecule has 6 N–H and O–H groups in total. The van der Waals surface area contributed by atoms with E-state index in [0.29, 0.717) is 41.0 Å². The molecular weight excluding hydrogens is 304 g/mol. The van der Waals surface area contributed by atoms with Gasteiger partial charge in [-0.25, -0.2) is 4.98 Å². The number of nitrogens with two attached hydrogens (primary N) is 2. The fourth-order valence-corrected chi connectivity index (χ4v) is 3.23. The van der Waals surface area contributed by atoms with Gasteiger partial charge in [-0.05, 0) is 56.0 Å². The third-order valence-corrected chi connectivity index (χ3v) is 4.42. The Bertz CT molecular complexity index is 727. The number of hydrogen-bond acceptors (Lipinski definition) is 6. The summed E-state index contributed by atoms with van der Waals surface area (Å²) in [5.74, 6) is 1.29. The first-order chi connectivity index (χ1) is 11.6. The molecule has 3 rings (SSSR count). The number of aromatic hydroxyl groups is 1. The lowest BCUT2D eigenvalue weighted by Crippen LogP contribution is -2.29. The SMILES string of the molecule is CCOc1cccc(O)c1-c1cc(C2CCCNC2)c(N)c(N)n1. The minimum Gasteiger partial charge on any atom is -0.507 e. The Kier molecular flexibility index (Phi) is 4.76. The van der Waals surface area contributed by atoms with Crippen LogP contribution in [0.2, 0.25) is 0 Å². The van der Waals surface area contributed by atoms with E-state index in [1.807, 2.05) is 19.1 Å². The topological polar surface area (TPSA) is 106 Å². The third kappa shape index (κ3) is 3.10. The molecule has 1 aromatic heterocycles. The molecule has 128 valence electrons. The van der Waals surface area contributed by atoms with Crippen LogP contribution in [0.25, 0.3) is 11.3 Å². The van der Waals surface area contributed by atoms with E-state index in [1.54, 1.807) is 12.1 Å². The molecule has 6 nitrogen and oxygen atoms in total. The predicted octanol–water partition coefficient (Wildman–Crippen LogP) is 2.48. The number of phenols is 1. The molecule has 1 aliphatic rings. The summed E-state index contributed by atoms with van der Waals surface area (Å²) in [5.41, 5.74) is 14.9. The molecule has 1 atom stereocenters. The lowest BCUT2D eigenvalue weighted by atomic mass is 9.89. The molecule has 2 heterocycles. The van der Waals surface area contributed by atoms with Crippen LogP contribution in [-0.4, -0.2) is 29.8 Å². The van der Waals surface area contributed by atoms with Gasteiger partial charge < -0.3 is 26.6 Å². The maximum absolute atomic E-state index is 10.3. The van der Waals surface area contributed by atoms with E-state index in [1.165, 1.54) is 0 Å². The second-order valence-corrected chi connectivity index (χ2v) is 6.02. The van der Waals surface area contributed by atoms with Crippen molar-refractivity contribution >= 4 is 11.5 Å². The Labute approximate surface area is 141 Å². The van der Waals surface area contributed by atoms with E-state index in [2.05, 4.69) is 10.3 Å². The summed E-state index contributed by atoms with van der Waals surface area (Å²) < 4.78 is 5.64. The normalized spacial score (nSPS) is 17.6. The monoisotopic (exact) mass is 328 g/mol. The maximum atomic E-state index is 10.3. The quantitative estimate of drug-likeness (QED) is 0.687. The van der Waals surface area contributed by atoms with Crippen molar-refractivity contribution in [2.75, 3.05) is 31.2 Å². The van der Waals surface area contributed by atoms with Crippen LogP contribution in [0.5, 0.6) is 11.5 Å². The van der Waals surface area contributed by atoms with Gasteiger partial charge in [0.15, 0.2) is 0 Å². The first-order valence-electron chi connectivity index (χ1n) is 8.33. The van der Waals surface area contributed by atoms with Crippen LogP contribution in [0.4, 0.5) is 11.5 Å². The van der Waals surface area contributed by atoms with Gasteiger partial charge in [0.2, 0.25) is 0 Å². The van der Waals surface area contributed by atoms with Crippen LogP contribution in [0.3, 0.4) is 0 Å². The molecule has 1 saturated heterocycles. The van der Waals surface area contributed by atoms with Crippen LogP contribution < -0.4 is 21.5 Å². The fraction of sp³-hybridized carbons (Fsp3) is 0.389. The number of ether oxygens (including phenoxy) is 1. The van der Waals surface area contributed by atoms with Gasteiger partial charge in [0.05, 0.1) is 23.6 Å². The first kappa shape index (κ1) is 16.4. The van der Waals surface area contributed by atoms with Gasteiger partial charge in [0, 0.05) is 6.54 Å². The number of aromatic nitrogens is 1. The number of rotatable bonds is 4. The Balaban J connectivity index is 2.11. The largest absolute Gasteiger partial charge is 0.507 e. The second kappa shape index (κ2) is 6.97. The number of nitrogen functional groups attached to an aromatic ring is 2. The van der Waals surface area contributed by atoms with Crippen molar-refractivity contribution in [2.24, 2.45) is 0 Å². The number of nitrogens with zero attached hydrogens (tertiary/aromatic N) is 1. The summed E-state index contributed by atoms with van der Waals surface area (Å²) >= 11 is 0. The Morgan fingerprint density at radius 2 is 2.21 bits per heavy atom. The number of pyridine rings is 1. The number of hydrogen-bond donors (Lipinski definition) is 4. The predicted molar refractivity (Wildman–Crippen MR) is 96.2 cm³/mol. The number of anilines is 2. The van der Waals surface area contributed by atoms with Gasteiger partial charge in [0.1, 0.15) is 17.3 Å². The summed E-state index contributed by atoms with van der Waals surface area (Å²) in [4.78, 5) is 4.39. The zero-order valence-corrected chi connectivity index (χ0v) is 13.9. The molecule has 1 fully saturated rings. The molecule has 0 amide bonds. The molecular formula is C18H24N4O2. The van der Waals surface area contributed by atoms with Gasteiger partial charge in [-0.1, -0.05) is 6.07 Å². The van der Waals surface area contributed by atoms with Gasteiger partial charge in [-0.3, -0.25) is 0 Å². The van der Waals surface area contributed by atoms with E-state index in [0.717, 1.165) is 31.5 Å². The van der Waals surface area contributed by atoms with Crippen molar-refractivity contribution in [3.05, 3.63) is 29.8 Å². The third-order valence-electron chi connectivity index (χ3n) is 4.42. The average Bonchev–Trinajstić information content (AvgIpc) is 2.59. The van der Waals surface area contributed by atoms with Gasteiger partial charge in [-0.2, -0.15) is 0 Å². The van der Waals surface area contributed by atoms with Crippen molar-refractivity contribution in [2.45, 2.75) is 25.7 Å². The van der Waals surface area contributed by atoms with E-state index >= 15 is 0 Å². The van der Waals surface area contributed by atoms with Crippen LogP contribution in [-0.2, 0) is 0 Å². The molecule has 0 aliphatic carbocycles. The van der Waals surface area contributed by atoms with Crippen LogP contribution in [0.1, 0.15) is 31.2 Å². The molecule has 0 saturated carbocycles. The Hall–Kier alpha value is -2.47. The van der Waals surface area contributed by atoms with Gasteiger partial charge >= 0.3 is 0 Å². The van der Waals surface area contributed by atoms with Crippen LogP contribution in [0.15, 0.2) is 24.3 Å². The average molecular weight is 328 g/mol. The smallest absolute Gasteiger partial charge is 0.147 e. The molecule has 0 spiro atoms. The molecule has 1 aliphatic heterocycles. The van der Waals surface area contributed by atoms with Crippen molar-refractivity contribution < 1.29 is 9.84 Å². The lowest BCUT2D eigenvalue weighted by molar-refractivity contribution is 0.339. The molecule has 2 aromatic rings. The van der Waals surface area contributed by atoms with Crippen LogP contribution >= 0.6 is 0 Å². The van der Waals surface area contributed by atoms with Crippen molar-refractivity contribution in [1.82, 2.24) is 10.3 Å². The number of nitrogens with one attached hydrogen (secondary N) is 1. The highest BCUT2D eigenvalue weighted by atomic mass is 16.5. The van der Waals surface area contributed by atoms with Gasteiger partial charge in [-0.15, -0.1) is 0 Å².